The van der Waals surface area contributed by atoms with Gasteiger partial charge in [0.15, 0.2) is 0 Å². The summed E-state index contributed by atoms with van der Waals surface area (Å²) < 4.78 is 55.2. The highest BCUT2D eigenvalue weighted by molar-refractivity contribution is 7.89. The lowest BCUT2D eigenvalue weighted by molar-refractivity contribution is 0.110. The molecule has 2 aromatic carbocycles. The molecule has 1 saturated carbocycles. The maximum Gasteiger partial charge on any atom is 0.240 e. The maximum absolute atomic E-state index is 13.9. The lowest BCUT2D eigenvalue weighted by Gasteiger charge is -2.42. The summed E-state index contributed by atoms with van der Waals surface area (Å²) in [5, 5.41) is 0. The number of hydrogen-bond donors (Lipinski definition) is 1. The van der Waals surface area contributed by atoms with E-state index in [4.69, 9.17) is 0 Å². The number of sulfonamides is 1. The van der Waals surface area contributed by atoms with Crippen LogP contribution in [-0.2, 0) is 10.0 Å². The molecule has 0 heterocycles. The molecule has 0 radical (unpaired) electrons. The van der Waals surface area contributed by atoms with Crippen LogP contribution in [0.1, 0.15) is 32.6 Å². The van der Waals surface area contributed by atoms with Crippen molar-refractivity contribution in [3.63, 3.8) is 0 Å². The number of nitrogens with zero attached hydrogens (tertiary/aromatic N) is 1. The zero-order valence-electron chi connectivity index (χ0n) is 16.4. The van der Waals surface area contributed by atoms with Crippen molar-refractivity contribution in [2.75, 3.05) is 14.1 Å². The SMILES string of the molecule is CN(C)C1(C)CCC(NS(=O)(=O)c2ccc(-c3ccc(F)cc3F)cc2)CC1. The van der Waals surface area contributed by atoms with Crippen molar-refractivity contribution in [1.82, 2.24) is 9.62 Å². The van der Waals surface area contributed by atoms with Crippen molar-refractivity contribution in [2.45, 2.75) is 49.1 Å². The molecule has 3 rings (SSSR count). The fourth-order valence-corrected chi connectivity index (χ4v) is 4.93. The van der Waals surface area contributed by atoms with E-state index in [1.807, 2.05) is 0 Å². The van der Waals surface area contributed by atoms with Gasteiger partial charge in [-0.2, -0.15) is 0 Å². The molecular weight excluding hydrogens is 382 g/mol. The molecule has 1 N–H and O–H groups in total. The first-order chi connectivity index (χ1) is 13.1. The third-order valence-electron chi connectivity index (χ3n) is 5.87. The monoisotopic (exact) mass is 408 g/mol. The van der Waals surface area contributed by atoms with Crippen LogP contribution in [0.3, 0.4) is 0 Å². The molecule has 1 fully saturated rings. The molecule has 0 spiro atoms. The standard InChI is InChI=1S/C21H26F2N2O2S/c1-21(25(2)3)12-10-17(11-13-21)24-28(26,27)18-7-4-15(5-8-18)19-9-6-16(22)14-20(19)23/h4-9,14,17,24H,10-13H2,1-3H3. The Morgan fingerprint density at radius 1 is 1.04 bits per heavy atom. The summed E-state index contributed by atoms with van der Waals surface area (Å²) in [6, 6.07) is 9.22. The molecule has 0 aliphatic heterocycles. The topological polar surface area (TPSA) is 49.4 Å². The molecule has 0 amide bonds. The first-order valence-corrected chi connectivity index (χ1v) is 10.8. The largest absolute Gasteiger partial charge is 0.304 e. The van der Waals surface area contributed by atoms with E-state index in [1.54, 1.807) is 0 Å². The summed E-state index contributed by atoms with van der Waals surface area (Å²) in [5.41, 5.74) is 0.826. The van der Waals surface area contributed by atoms with E-state index in [0.717, 1.165) is 31.7 Å². The third kappa shape index (κ3) is 4.42. The second kappa shape index (κ2) is 7.89. The lowest BCUT2D eigenvalue weighted by atomic mass is 9.80. The summed E-state index contributed by atoms with van der Waals surface area (Å²) in [7, 11) is 0.453. The predicted molar refractivity (Wildman–Crippen MR) is 106 cm³/mol. The van der Waals surface area contributed by atoms with Gasteiger partial charge < -0.3 is 4.90 Å². The lowest BCUT2D eigenvalue weighted by Crippen LogP contribution is -2.48. The van der Waals surface area contributed by atoms with Gasteiger partial charge in [0.25, 0.3) is 0 Å². The van der Waals surface area contributed by atoms with Crippen LogP contribution in [0.4, 0.5) is 8.78 Å². The molecule has 0 atom stereocenters. The quantitative estimate of drug-likeness (QED) is 0.808. The first kappa shape index (κ1) is 20.9. The predicted octanol–water partition coefficient (Wildman–Crippen LogP) is 4.17. The summed E-state index contributed by atoms with van der Waals surface area (Å²) in [4.78, 5) is 2.34. The van der Waals surface area contributed by atoms with E-state index in [9.17, 15) is 17.2 Å². The van der Waals surface area contributed by atoms with Gasteiger partial charge in [0, 0.05) is 23.2 Å². The van der Waals surface area contributed by atoms with Gasteiger partial charge in [0.05, 0.1) is 4.90 Å². The number of halogens is 2. The average Bonchev–Trinajstić information content (AvgIpc) is 2.64. The Morgan fingerprint density at radius 2 is 1.64 bits per heavy atom. The van der Waals surface area contributed by atoms with Crippen LogP contribution in [0, 0.1) is 11.6 Å². The molecular formula is C21H26F2N2O2S. The van der Waals surface area contributed by atoms with Crippen molar-refractivity contribution in [1.29, 1.82) is 0 Å². The van der Waals surface area contributed by atoms with E-state index >= 15 is 0 Å². The zero-order valence-corrected chi connectivity index (χ0v) is 17.2. The molecule has 1 aliphatic rings. The minimum absolute atomic E-state index is 0.0905. The molecule has 0 bridgehead atoms. The van der Waals surface area contributed by atoms with Gasteiger partial charge in [-0.3, -0.25) is 0 Å². The smallest absolute Gasteiger partial charge is 0.240 e. The number of rotatable bonds is 5. The van der Waals surface area contributed by atoms with Crippen LogP contribution in [0.5, 0.6) is 0 Å². The van der Waals surface area contributed by atoms with E-state index < -0.39 is 21.7 Å². The highest BCUT2D eigenvalue weighted by Gasteiger charge is 2.34. The summed E-state index contributed by atoms with van der Waals surface area (Å²) in [6.07, 6.45) is 3.42. The van der Waals surface area contributed by atoms with E-state index in [1.165, 1.54) is 36.4 Å². The van der Waals surface area contributed by atoms with Crippen molar-refractivity contribution >= 4 is 10.0 Å². The van der Waals surface area contributed by atoms with Gasteiger partial charge in [-0.05, 0) is 76.5 Å². The zero-order chi connectivity index (χ0) is 20.5. The van der Waals surface area contributed by atoms with Gasteiger partial charge in [0.2, 0.25) is 10.0 Å². The Morgan fingerprint density at radius 3 is 2.18 bits per heavy atom. The van der Waals surface area contributed by atoms with Crippen molar-refractivity contribution in [2.24, 2.45) is 0 Å². The maximum atomic E-state index is 13.9. The average molecular weight is 409 g/mol. The number of hydrogen-bond acceptors (Lipinski definition) is 3. The van der Waals surface area contributed by atoms with Crippen LogP contribution in [0.2, 0.25) is 0 Å². The first-order valence-electron chi connectivity index (χ1n) is 9.36. The summed E-state index contributed by atoms with van der Waals surface area (Å²) >= 11 is 0. The van der Waals surface area contributed by atoms with Crippen LogP contribution >= 0.6 is 0 Å². The van der Waals surface area contributed by atoms with Gasteiger partial charge in [0.1, 0.15) is 11.6 Å². The molecule has 4 nitrogen and oxygen atoms in total. The molecule has 0 saturated heterocycles. The minimum atomic E-state index is -3.65. The van der Waals surface area contributed by atoms with Crippen molar-refractivity contribution < 1.29 is 17.2 Å². The van der Waals surface area contributed by atoms with Crippen LogP contribution in [0.25, 0.3) is 11.1 Å². The van der Waals surface area contributed by atoms with Crippen LogP contribution < -0.4 is 4.72 Å². The molecule has 2 aromatic rings. The molecule has 28 heavy (non-hydrogen) atoms. The third-order valence-corrected chi connectivity index (χ3v) is 7.41. The Kier molecular flexibility index (Phi) is 5.89. The van der Waals surface area contributed by atoms with Gasteiger partial charge in [-0.15, -0.1) is 0 Å². The van der Waals surface area contributed by atoms with Crippen LogP contribution in [0.15, 0.2) is 47.4 Å². The number of nitrogens with one attached hydrogen (secondary N) is 1. The fourth-order valence-electron chi connectivity index (χ4n) is 3.63. The van der Waals surface area contributed by atoms with Gasteiger partial charge >= 0.3 is 0 Å². The van der Waals surface area contributed by atoms with E-state index in [2.05, 4.69) is 30.6 Å². The molecule has 152 valence electrons. The second-order valence-electron chi connectivity index (χ2n) is 7.94. The van der Waals surface area contributed by atoms with Crippen molar-refractivity contribution in [3.8, 4) is 11.1 Å². The molecule has 0 unspecified atom stereocenters. The van der Waals surface area contributed by atoms with Crippen LogP contribution in [-0.4, -0.2) is 39.0 Å². The molecule has 1 aliphatic carbocycles. The normalized spacial score (nSPS) is 23.1. The highest BCUT2D eigenvalue weighted by atomic mass is 32.2. The summed E-state index contributed by atoms with van der Waals surface area (Å²) in [5.74, 6) is -1.33. The van der Waals surface area contributed by atoms with Crippen molar-refractivity contribution in [3.05, 3.63) is 54.1 Å². The summed E-state index contributed by atoms with van der Waals surface area (Å²) in [6.45, 7) is 2.20. The van der Waals surface area contributed by atoms with Gasteiger partial charge in [-0.25, -0.2) is 21.9 Å². The minimum Gasteiger partial charge on any atom is -0.304 e. The van der Waals surface area contributed by atoms with E-state index in [0.29, 0.717) is 5.56 Å². The fraction of sp³-hybridized carbons (Fsp3) is 0.429. The Bertz CT molecular complexity index is 935. The Hall–Kier alpha value is -1.83. The molecule has 7 heteroatoms. The van der Waals surface area contributed by atoms with E-state index in [-0.39, 0.29) is 22.0 Å². The number of benzene rings is 2. The highest BCUT2D eigenvalue weighted by Crippen LogP contribution is 2.32. The second-order valence-corrected chi connectivity index (χ2v) is 9.65. The Labute approximate surface area is 165 Å². The molecule has 0 aromatic heterocycles. The Balaban J connectivity index is 1.71. The van der Waals surface area contributed by atoms with Gasteiger partial charge in [-0.1, -0.05) is 12.1 Å².